The SMILES string of the molecule is C[C@]12C=CC(=O)CC1=CC[C@@H]1[C@@H]2[C@@H](O)C[C@@]2(C)[C@H]1CC[C@]2(O)C(=O)COC(=O)OCCCCO[N+](=O)[O-]. The number of rotatable bonds is 9. The van der Waals surface area contributed by atoms with E-state index in [-0.39, 0.29) is 49.6 Å². The lowest BCUT2D eigenvalue weighted by molar-refractivity contribution is -0.757. The van der Waals surface area contributed by atoms with E-state index in [0.717, 1.165) is 5.57 Å². The number of carbonyl (C=O) groups excluding carboxylic acids is 3. The third-order valence-corrected chi connectivity index (χ3v) is 9.34. The molecule has 11 nitrogen and oxygen atoms in total. The Bertz CT molecular complexity index is 1020. The summed E-state index contributed by atoms with van der Waals surface area (Å²) in [6.45, 7) is 3.08. The van der Waals surface area contributed by atoms with Gasteiger partial charge in [0.2, 0.25) is 5.78 Å². The van der Waals surface area contributed by atoms with Gasteiger partial charge in [-0.25, -0.2) is 4.79 Å². The van der Waals surface area contributed by atoms with Gasteiger partial charge in [0, 0.05) is 23.2 Å². The topological polar surface area (TPSA) is 163 Å². The minimum Gasteiger partial charge on any atom is -0.434 e. The number of aliphatic hydroxyl groups is 2. The highest BCUT2D eigenvalue weighted by atomic mass is 16.9. The molecule has 204 valence electrons. The second-order valence-corrected chi connectivity index (χ2v) is 11.2. The highest BCUT2D eigenvalue weighted by Crippen LogP contribution is 2.66. The first-order valence-corrected chi connectivity index (χ1v) is 12.8. The van der Waals surface area contributed by atoms with Gasteiger partial charge in [0.25, 0.3) is 5.09 Å². The number of hydrogen-bond acceptors (Lipinski definition) is 10. The highest BCUT2D eigenvalue weighted by Gasteiger charge is 2.68. The molecule has 0 bridgehead atoms. The normalized spacial score (nSPS) is 38.1. The minimum atomic E-state index is -1.76. The number of unbranched alkanes of at least 4 members (excludes halogenated alkanes) is 1. The maximum atomic E-state index is 13.2. The summed E-state index contributed by atoms with van der Waals surface area (Å²) in [5, 5.41) is 32.2. The summed E-state index contributed by atoms with van der Waals surface area (Å²) in [5.41, 5.74) is -2.06. The fourth-order valence-electron chi connectivity index (χ4n) is 7.48. The van der Waals surface area contributed by atoms with Crippen LogP contribution in [-0.2, 0) is 23.9 Å². The molecule has 0 spiro atoms. The Morgan fingerprint density at radius 3 is 2.68 bits per heavy atom. The van der Waals surface area contributed by atoms with Crippen molar-refractivity contribution in [2.45, 2.75) is 70.5 Å². The van der Waals surface area contributed by atoms with Gasteiger partial charge >= 0.3 is 6.16 Å². The van der Waals surface area contributed by atoms with Crippen molar-refractivity contribution in [2.75, 3.05) is 19.8 Å². The lowest BCUT2D eigenvalue weighted by Crippen LogP contribution is -2.61. The average molecular weight is 522 g/mol. The summed E-state index contributed by atoms with van der Waals surface area (Å²) in [7, 11) is 0. The van der Waals surface area contributed by atoms with Crippen molar-refractivity contribution in [1.82, 2.24) is 0 Å². The van der Waals surface area contributed by atoms with Crippen LogP contribution in [0.4, 0.5) is 4.79 Å². The molecule has 0 radical (unpaired) electrons. The Morgan fingerprint density at radius 2 is 1.95 bits per heavy atom. The number of ether oxygens (including phenoxy) is 2. The van der Waals surface area contributed by atoms with Gasteiger partial charge in [-0.2, -0.15) is 0 Å². The quantitative estimate of drug-likeness (QED) is 0.152. The lowest BCUT2D eigenvalue weighted by Gasteiger charge is -2.58. The third-order valence-electron chi connectivity index (χ3n) is 9.34. The van der Waals surface area contributed by atoms with E-state index in [1.165, 1.54) is 0 Å². The van der Waals surface area contributed by atoms with E-state index in [1.807, 2.05) is 13.0 Å². The zero-order valence-corrected chi connectivity index (χ0v) is 21.2. The fraction of sp³-hybridized carbons (Fsp3) is 0.731. The van der Waals surface area contributed by atoms with E-state index in [0.29, 0.717) is 32.1 Å². The maximum absolute atomic E-state index is 13.2. The molecule has 0 unspecified atom stereocenters. The molecule has 4 rings (SSSR count). The smallest absolute Gasteiger partial charge is 0.434 e. The molecular formula is C26H35NO10. The van der Waals surface area contributed by atoms with Crippen LogP contribution in [0.3, 0.4) is 0 Å². The summed E-state index contributed by atoms with van der Waals surface area (Å²) in [4.78, 5) is 51.4. The van der Waals surface area contributed by atoms with E-state index in [2.05, 4.69) is 17.8 Å². The van der Waals surface area contributed by atoms with Gasteiger partial charge in [0.05, 0.1) is 19.3 Å². The Hall–Kier alpha value is -2.79. The molecule has 2 fully saturated rings. The summed E-state index contributed by atoms with van der Waals surface area (Å²) >= 11 is 0. The van der Waals surface area contributed by atoms with Crippen molar-refractivity contribution in [3.63, 3.8) is 0 Å². The highest BCUT2D eigenvalue weighted by molar-refractivity contribution is 5.93. The van der Waals surface area contributed by atoms with Crippen LogP contribution in [0.25, 0.3) is 0 Å². The molecule has 4 aliphatic carbocycles. The number of hydrogen-bond donors (Lipinski definition) is 2. The van der Waals surface area contributed by atoms with E-state index in [1.54, 1.807) is 6.08 Å². The van der Waals surface area contributed by atoms with Crippen molar-refractivity contribution in [3.8, 4) is 0 Å². The molecule has 37 heavy (non-hydrogen) atoms. The van der Waals surface area contributed by atoms with Crippen molar-refractivity contribution in [1.29, 1.82) is 0 Å². The van der Waals surface area contributed by atoms with Crippen LogP contribution in [0.2, 0.25) is 0 Å². The van der Waals surface area contributed by atoms with Crippen LogP contribution in [0.5, 0.6) is 0 Å². The van der Waals surface area contributed by atoms with Crippen LogP contribution >= 0.6 is 0 Å². The maximum Gasteiger partial charge on any atom is 0.508 e. The fourth-order valence-corrected chi connectivity index (χ4v) is 7.48. The van der Waals surface area contributed by atoms with Gasteiger partial charge in [0.1, 0.15) is 5.60 Å². The summed E-state index contributed by atoms with van der Waals surface area (Å²) in [6.07, 6.45) is 6.46. The van der Waals surface area contributed by atoms with Crippen molar-refractivity contribution in [2.24, 2.45) is 28.6 Å². The van der Waals surface area contributed by atoms with Gasteiger partial charge < -0.3 is 24.5 Å². The Balaban J connectivity index is 1.38. The molecular weight excluding hydrogens is 486 g/mol. The molecule has 0 amide bonds. The predicted octanol–water partition coefficient (Wildman–Crippen LogP) is 2.71. The number of nitrogens with zero attached hydrogens (tertiary/aromatic N) is 1. The van der Waals surface area contributed by atoms with E-state index in [9.17, 15) is 34.7 Å². The zero-order valence-electron chi connectivity index (χ0n) is 21.2. The summed E-state index contributed by atoms with van der Waals surface area (Å²) < 4.78 is 9.84. The van der Waals surface area contributed by atoms with Crippen LogP contribution in [-0.4, -0.2) is 64.5 Å². The number of fused-ring (bicyclic) bond motifs is 5. The first kappa shape index (κ1) is 27.3. The standard InChI is InChI=1S/C26H35NO10/c1-24-9-7-17(28)13-16(24)5-6-18-19-8-10-26(32,25(19,2)14-20(29)22(18)24)21(30)15-36-23(31)35-11-3-4-12-37-27(33)34/h5,7,9,18-20,22,29,32H,3-4,6,8,10-15H2,1-2H3/t18-,19-,20-,22+,24-,25-,26-/m0/s1. The van der Waals surface area contributed by atoms with Crippen molar-refractivity contribution < 1.29 is 44.0 Å². The molecule has 0 aromatic rings. The Morgan fingerprint density at radius 1 is 1.22 bits per heavy atom. The molecule has 2 saturated carbocycles. The monoisotopic (exact) mass is 521 g/mol. The number of Topliss-reactive ketones (excluding diaryl/α,β-unsaturated/α-hetero) is 1. The predicted molar refractivity (Wildman–Crippen MR) is 127 cm³/mol. The first-order chi connectivity index (χ1) is 17.4. The second kappa shape index (κ2) is 10.2. The van der Waals surface area contributed by atoms with Gasteiger partial charge in [-0.1, -0.05) is 31.6 Å². The Kier molecular flexibility index (Phi) is 7.49. The van der Waals surface area contributed by atoms with Crippen LogP contribution < -0.4 is 0 Å². The first-order valence-electron chi connectivity index (χ1n) is 12.8. The van der Waals surface area contributed by atoms with E-state index in [4.69, 9.17) is 9.47 Å². The largest absolute Gasteiger partial charge is 0.508 e. The van der Waals surface area contributed by atoms with Crippen LogP contribution in [0.15, 0.2) is 23.8 Å². The van der Waals surface area contributed by atoms with Gasteiger partial charge in [-0.05, 0) is 56.4 Å². The number of aliphatic hydroxyl groups excluding tert-OH is 1. The van der Waals surface area contributed by atoms with Crippen molar-refractivity contribution >= 4 is 17.7 Å². The number of allylic oxidation sites excluding steroid dienone is 4. The third kappa shape index (κ3) is 4.79. The molecule has 0 saturated heterocycles. The molecule has 0 heterocycles. The molecule has 4 aliphatic rings. The minimum absolute atomic E-state index is 0.0242. The number of ketones is 2. The average Bonchev–Trinajstić information content (AvgIpc) is 3.10. The molecule has 0 aromatic heterocycles. The molecule has 2 N–H and O–H groups in total. The van der Waals surface area contributed by atoms with Crippen LogP contribution in [0.1, 0.15) is 58.8 Å². The molecule has 0 aliphatic heterocycles. The van der Waals surface area contributed by atoms with Gasteiger partial charge in [-0.3, -0.25) is 9.59 Å². The lowest BCUT2D eigenvalue weighted by atomic mass is 9.47. The second-order valence-electron chi connectivity index (χ2n) is 11.2. The van der Waals surface area contributed by atoms with Crippen molar-refractivity contribution in [3.05, 3.63) is 33.9 Å². The number of carbonyl (C=O) groups is 3. The molecule has 11 heteroatoms. The summed E-state index contributed by atoms with van der Waals surface area (Å²) in [6, 6.07) is 0. The van der Waals surface area contributed by atoms with Gasteiger partial charge in [0.15, 0.2) is 12.4 Å². The van der Waals surface area contributed by atoms with Gasteiger partial charge in [-0.15, -0.1) is 10.1 Å². The van der Waals surface area contributed by atoms with Crippen LogP contribution in [0, 0.1) is 38.7 Å². The summed E-state index contributed by atoms with van der Waals surface area (Å²) in [5.74, 6) is -0.674. The molecule has 0 aromatic carbocycles. The Labute approximate surface area is 214 Å². The van der Waals surface area contributed by atoms with E-state index >= 15 is 0 Å². The van der Waals surface area contributed by atoms with E-state index < -0.39 is 46.2 Å². The zero-order chi connectivity index (χ0) is 27.0. The molecule has 7 atom stereocenters.